The quantitative estimate of drug-likeness (QED) is 0.469. The SMILES string of the molecule is CNc1snc(C)c1C(=O)NCc1cn(Cc2ccccc2)nc1-c1ccccc1. The standard InChI is InChI=1S/C23H23N5OS/c1-16-20(23(24-2)30-27-16)22(29)25-13-19-15-28(14-17-9-5-3-6-10-17)26-21(19)18-11-7-4-8-12-18/h3-12,15,24H,13-14H2,1-2H3,(H,25,29). The number of hydrogen-bond donors (Lipinski definition) is 2. The molecule has 0 fully saturated rings. The maximum absolute atomic E-state index is 12.8. The Morgan fingerprint density at radius 1 is 1.07 bits per heavy atom. The van der Waals surface area contributed by atoms with Gasteiger partial charge in [0.25, 0.3) is 5.91 Å². The van der Waals surface area contributed by atoms with Crippen molar-refractivity contribution >= 4 is 22.4 Å². The molecule has 0 spiro atoms. The van der Waals surface area contributed by atoms with Crippen LogP contribution < -0.4 is 10.6 Å². The highest BCUT2D eigenvalue weighted by Gasteiger charge is 2.19. The minimum atomic E-state index is -0.138. The van der Waals surface area contributed by atoms with Gasteiger partial charge < -0.3 is 10.6 Å². The van der Waals surface area contributed by atoms with Gasteiger partial charge in [0.15, 0.2) is 0 Å². The Balaban J connectivity index is 1.59. The summed E-state index contributed by atoms with van der Waals surface area (Å²) in [5, 5.41) is 11.7. The number of nitrogens with zero attached hydrogens (tertiary/aromatic N) is 3. The van der Waals surface area contributed by atoms with Gasteiger partial charge in [-0.3, -0.25) is 9.48 Å². The van der Waals surface area contributed by atoms with Gasteiger partial charge in [-0.25, -0.2) is 0 Å². The number of amides is 1. The minimum absolute atomic E-state index is 0.138. The first-order valence-corrected chi connectivity index (χ1v) is 10.5. The number of hydrogen-bond acceptors (Lipinski definition) is 5. The topological polar surface area (TPSA) is 71.8 Å². The van der Waals surface area contributed by atoms with Crippen molar-refractivity contribution < 1.29 is 4.79 Å². The second kappa shape index (κ2) is 8.92. The molecule has 0 aliphatic heterocycles. The molecule has 0 saturated heterocycles. The molecule has 0 radical (unpaired) electrons. The molecule has 4 rings (SSSR count). The molecule has 2 N–H and O–H groups in total. The lowest BCUT2D eigenvalue weighted by atomic mass is 10.1. The summed E-state index contributed by atoms with van der Waals surface area (Å²) >= 11 is 1.29. The van der Waals surface area contributed by atoms with Crippen LogP contribution in [0.3, 0.4) is 0 Å². The summed E-state index contributed by atoms with van der Waals surface area (Å²) in [6.07, 6.45) is 2.01. The van der Waals surface area contributed by atoms with Gasteiger partial charge >= 0.3 is 0 Å². The van der Waals surface area contributed by atoms with Gasteiger partial charge in [-0.2, -0.15) is 9.47 Å². The Kier molecular flexibility index (Phi) is 5.90. The fraction of sp³-hybridized carbons (Fsp3) is 0.174. The number of nitrogens with one attached hydrogen (secondary N) is 2. The fourth-order valence-electron chi connectivity index (χ4n) is 3.35. The number of aromatic nitrogens is 3. The van der Waals surface area contributed by atoms with Gasteiger partial charge in [0.1, 0.15) is 5.00 Å². The van der Waals surface area contributed by atoms with Gasteiger partial charge in [0.05, 0.1) is 23.5 Å². The molecule has 2 heterocycles. The van der Waals surface area contributed by atoms with Crippen LogP contribution in [0.25, 0.3) is 11.3 Å². The molecule has 0 atom stereocenters. The van der Waals surface area contributed by atoms with Crippen molar-refractivity contribution in [1.82, 2.24) is 19.5 Å². The molecule has 152 valence electrons. The lowest BCUT2D eigenvalue weighted by Gasteiger charge is -2.07. The van der Waals surface area contributed by atoms with Crippen molar-refractivity contribution in [2.24, 2.45) is 0 Å². The van der Waals surface area contributed by atoms with Crippen molar-refractivity contribution in [2.45, 2.75) is 20.0 Å². The van der Waals surface area contributed by atoms with Gasteiger partial charge in [-0.05, 0) is 24.0 Å². The van der Waals surface area contributed by atoms with E-state index in [-0.39, 0.29) is 5.91 Å². The van der Waals surface area contributed by atoms with E-state index < -0.39 is 0 Å². The first-order valence-electron chi connectivity index (χ1n) is 9.73. The molecular formula is C23H23N5OS. The van der Waals surface area contributed by atoms with Crippen molar-refractivity contribution in [1.29, 1.82) is 0 Å². The van der Waals surface area contributed by atoms with Crippen molar-refractivity contribution in [3.63, 3.8) is 0 Å². The average Bonchev–Trinajstić information content (AvgIpc) is 3.36. The van der Waals surface area contributed by atoms with E-state index >= 15 is 0 Å². The zero-order valence-corrected chi connectivity index (χ0v) is 17.7. The second-order valence-corrected chi connectivity index (χ2v) is 7.73. The average molecular weight is 418 g/mol. The Hall–Kier alpha value is -3.45. The molecule has 4 aromatic rings. The summed E-state index contributed by atoms with van der Waals surface area (Å²) in [6, 6.07) is 20.2. The van der Waals surface area contributed by atoms with E-state index in [1.807, 2.05) is 66.3 Å². The van der Waals surface area contributed by atoms with Crippen LogP contribution in [0.15, 0.2) is 66.9 Å². The second-order valence-electron chi connectivity index (χ2n) is 6.96. The summed E-state index contributed by atoms with van der Waals surface area (Å²) in [5.41, 5.74) is 5.37. The molecule has 30 heavy (non-hydrogen) atoms. The van der Waals surface area contributed by atoms with E-state index in [0.29, 0.717) is 18.7 Å². The van der Waals surface area contributed by atoms with Gasteiger partial charge in [-0.1, -0.05) is 60.7 Å². The molecule has 0 unspecified atom stereocenters. The fourth-order valence-corrected chi connectivity index (χ4v) is 4.10. The molecule has 0 saturated carbocycles. The predicted octanol–water partition coefficient (Wildman–Crippen LogP) is 4.34. The summed E-state index contributed by atoms with van der Waals surface area (Å²) < 4.78 is 6.21. The van der Waals surface area contributed by atoms with Crippen LogP contribution >= 0.6 is 11.5 Å². The highest BCUT2D eigenvalue weighted by molar-refractivity contribution is 7.10. The summed E-state index contributed by atoms with van der Waals surface area (Å²) in [4.78, 5) is 12.8. The van der Waals surface area contributed by atoms with E-state index in [2.05, 4.69) is 27.1 Å². The summed E-state index contributed by atoms with van der Waals surface area (Å²) in [6.45, 7) is 2.90. The monoisotopic (exact) mass is 417 g/mol. The number of benzene rings is 2. The van der Waals surface area contributed by atoms with Crippen LogP contribution in [0.1, 0.15) is 27.2 Å². The van der Waals surface area contributed by atoms with Crippen molar-refractivity contribution in [3.05, 3.63) is 89.2 Å². The summed E-state index contributed by atoms with van der Waals surface area (Å²) in [7, 11) is 1.80. The number of rotatable bonds is 7. The third kappa shape index (κ3) is 4.26. The van der Waals surface area contributed by atoms with Crippen molar-refractivity contribution in [2.75, 3.05) is 12.4 Å². The normalized spacial score (nSPS) is 10.7. The lowest BCUT2D eigenvalue weighted by molar-refractivity contribution is 0.0951. The molecular weight excluding hydrogens is 394 g/mol. The molecule has 1 amide bonds. The van der Waals surface area contributed by atoms with E-state index in [1.54, 1.807) is 7.05 Å². The Morgan fingerprint density at radius 3 is 2.47 bits per heavy atom. The maximum atomic E-state index is 12.8. The largest absolute Gasteiger partial charge is 0.378 e. The van der Waals surface area contributed by atoms with Crippen LogP contribution in [0.2, 0.25) is 0 Å². The van der Waals surface area contributed by atoms with Crippen LogP contribution in [-0.2, 0) is 13.1 Å². The number of aryl methyl sites for hydroxylation is 1. The highest BCUT2D eigenvalue weighted by Crippen LogP contribution is 2.25. The Bertz CT molecular complexity index is 1140. The number of carbonyl (C=O) groups is 1. The highest BCUT2D eigenvalue weighted by atomic mass is 32.1. The smallest absolute Gasteiger partial charge is 0.256 e. The third-order valence-corrected chi connectivity index (χ3v) is 5.78. The Labute approximate surface area is 179 Å². The Morgan fingerprint density at radius 2 is 1.77 bits per heavy atom. The van der Waals surface area contributed by atoms with Gasteiger partial charge in [-0.15, -0.1) is 0 Å². The molecule has 6 nitrogen and oxygen atoms in total. The van der Waals surface area contributed by atoms with E-state index in [9.17, 15) is 4.79 Å². The van der Waals surface area contributed by atoms with Gasteiger partial charge in [0, 0.05) is 30.9 Å². The van der Waals surface area contributed by atoms with Crippen LogP contribution in [0, 0.1) is 6.92 Å². The first-order chi connectivity index (χ1) is 14.7. The van der Waals surface area contributed by atoms with Crippen LogP contribution in [-0.4, -0.2) is 27.1 Å². The van der Waals surface area contributed by atoms with E-state index in [1.165, 1.54) is 17.1 Å². The molecule has 7 heteroatoms. The maximum Gasteiger partial charge on any atom is 0.256 e. The number of anilines is 1. The first kappa shape index (κ1) is 19.8. The molecule has 2 aromatic carbocycles. The zero-order chi connectivity index (χ0) is 20.9. The van der Waals surface area contributed by atoms with Crippen LogP contribution in [0.4, 0.5) is 5.00 Å². The molecule has 0 bridgehead atoms. The van der Waals surface area contributed by atoms with E-state index in [4.69, 9.17) is 5.10 Å². The predicted molar refractivity (Wildman–Crippen MR) is 121 cm³/mol. The van der Waals surface area contributed by atoms with Crippen LogP contribution in [0.5, 0.6) is 0 Å². The van der Waals surface area contributed by atoms with Crippen molar-refractivity contribution in [3.8, 4) is 11.3 Å². The zero-order valence-electron chi connectivity index (χ0n) is 16.9. The minimum Gasteiger partial charge on any atom is -0.378 e. The summed E-state index contributed by atoms with van der Waals surface area (Å²) in [5.74, 6) is -0.138. The third-order valence-electron chi connectivity index (χ3n) is 4.83. The molecule has 0 aliphatic carbocycles. The number of carbonyl (C=O) groups excluding carboxylic acids is 1. The molecule has 2 aromatic heterocycles. The van der Waals surface area contributed by atoms with E-state index in [0.717, 1.165) is 27.5 Å². The van der Waals surface area contributed by atoms with Gasteiger partial charge in [0.2, 0.25) is 0 Å². The molecule has 0 aliphatic rings. The lowest BCUT2D eigenvalue weighted by Crippen LogP contribution is -2.24.